The molecule has 0 aliphatic carbocycles. The zero-order chi connectivity index (χ0) is 21.7. The summed E-state index contributed by atoms with van der Waals surface area (Å²) in [5, 5.41) is 14.8. The van der Waals surface area contributed by atoms with Gasteiger partial charge in [0.05, 0.1) is 12.1 Å². The quantitative estimate of drug-likeness (QED) is 0.313. The lowest BCUT2D eigenvalue weighted by Crippen LogP contribution is -2.38. The Balaban J connectivity index is 1.84. The molecule has 31 heavy (non-hydrogen) atoms. The number of hydrogen-bond acceptors (Lipinski definition) is 5. The summed E-state index contributed by atoms with van der Waals surface area (Å²) in [4.78, 5) is 27.0. The molecule has 1 aromatic heterocycles. The van der Waals surface area contributed by atoms with Crippen LogP contribution < -0.4 is 5.32 Å². The van der Waals surface area contributed by atoms with Crippen LogP contribution in [0.25, 0.3) is 0 Å². The van der Waals surface area contributed by atoms with Gasteiger partial charge in [0.15, 0.2) is 5.13 Å². The second-order valence-corrected chi connectivity index (χ2v) is 7.88. The third-order valence-electron chi connectivity index (χ3n) is 5.05. The summed E-state index contributed by atoms with van der Waals surface area (Å²) in [5.41, 5.74) is 2.81. The monoisotopic (exact) mass is 428 g/mol. The van der Waals surface area contributed by atoms with E-state index >= 15 is 0 Å². The standard InChI is InChI=1S/C25H20N2O3S/c28-22(23(29)30)16-21-17-31-24(26-21)27-25(18-10-4-1-5-11-18,19-12-6-2-7-13-19)20-14-8-3-9-15-20/h1-15,17H,16H2,(H,26,27)(H,29,30). The molecular weight excluding hydrogens is 408 g/mol. The van der Waals surface area contributed by atoms with Crippen LogP contribution in [0, 0.1) is 0 Å². The lowest BCUT2D eigenvalue weighted by molar-refractivity contribution is -0.148. The summed E-state index contributed by atoms with van der Waals surface area (Å²) >= 11 is 1.35. The summed E-state index contributed by atoms with van der Waals surface area (Å²) in [6, 6.07) is 30.3. The molecule has 0 amide bonds. The molecule has 2 N–H and O–H groups in total. The van der Waals surface area contributed by atoms with E-state index in [0.717, 1.165) is 16.7 Å². The zero-order valence-electron chi connectivity index (χ0n) is 16.6. The molecule has 0 aliphatic heterocycles. The first-order valence-corrected chi connectivity index (χ1v) is 10.6. The van der Waals surface area contributed by atoms with Crippen LogP contribution in [0.3, 0.4) is 0 Å². The van der Waals surface area contributed by atoms with Crippen molar-refractivity contribution in [2.75, 3.05) is 5.32 Å². The Hall–Kier alpha value is -3.77. The number of anilines is 1. The molecule has 3 aromatic carbocycles. The SMILES string of the molecule is O=C(O)C(=O)Cc1csc(NC(c2ccccc2)(c2ccccc2)c2ccccc2)n1. The second kappa shape index (κ2) is 8.93. The van der Waals surface area contributed by atoms with Gasteiger partial charge in [-0.2, -0.15) is 0 Å². The van der Waals surface area contributed by atoms with E-state index in [-0.39, 0.29) is 6.42 Å². The Bertz CT molecular complexity index is 1080. The third-order valence-corrected chi connectivity index (χ3v) is 5.85. The van der Waals surface area contributed by atoms with Crippen LogP contribution in [0.5, 0.6) is 0 Å². The highest BCUT2D eigenvalue weighted by atomic mass is 32.1. The van der Waals surface area contributed by atoms with Crippen LogP contribution in [0.4, 0.5) is 5.13 Å². The molecule has 0 radical (unpaired) electrons. The Kier molecular flexibility index (Phi) is 5.91. The first-order chi connectivity index (χ1) is 15.1. The van der Waals surface area contributed by atoms with Gasteiger partial charge in [-0.05, 0) is 16.7 Å². The summed E-state index contributed by atoms with van der Waals surface area (Å²) in [6.45, 7) is 0. The van der Waals surface area contributed by atoms with E-state index in [2.05, 4.69) is 46.7 Å². The molecule has 0 atom stereocenters. The Labute approximate surface area is 184 Å². The predicted octanol–water partition coefficient (Wildman–Crippen LogP) is 4.74. The van der Waals surface area contributed by atoms with Crippen molar-refractivity contribution in [1.29, 1.82) is 0 Å². The van der Waals surface area contributed by atoms with E-state index in [0.29, 0.717) is 10.8 Å². The number of nitrogens with zero attached hydrogens (tertiary/aromatic N) is 1. The number of rotatable bonds is 8. The molecule has 4 aromatic rings. The molecule has 0 spiro atoms. The minimum absolute atomic E-state index is 0.234. The molecule has 0 saturated heterocycles. The number of aromatic nitrogens is 1. The first-order valence-electron chi connectivity index (χ1n) is 9.75. The molecule has 6 heteroatoms. The van der Waals surface area contributed by atoms with Crippen molar-refractivity contribution in [1.82, 2.24) is 4.98 Å². The molecule has 0 saturated carbocycles. The number of thiazole rings is 1. The van der Waals surface area contributed by atoms with Crippen LogP contribution >= 0.6 is 11.3 Å². The average molecular weight is 429 g/mol. The van der Waals surface area contributed by atoms with Gasteiger partial charge in [0.1, 0.15) is 5.54 Å². The number of carboxylic acids is 1. The minimum atomic E-state index is -1.45. The van der Waals surface area contributed by atoms with Crippen molar-refractivity contribution in [2.24, 2.45) is 0 Å². The number of carboxylic acid groups (broad SMARTS) is 1. The summed E-state index contributed by atoms with van der Waals surface area (Å²) in [6.07, 6.45) is -0.234. The van der Waals surface area contributed by atoms with Crippen LogP contribution in [-0.4, -0.2) is 21.8 Å². The molecule has 4 rings (SSSR count). The first kappa shape index (κ1) is 20.5. The van der Waals surface area contributed by atoms with Crippen molar-refractivity contribution < 1.29 is 14.7 Å². The van der Waals surface area contributed by atoms with Crippen molar-refractivity contribution in [2.45, 2.75) is 12.0 Å². The van der Waals surface area contributed by atoms with Crippen molar-refractivity contribution >= 4 is 28.2 Å². The molecule has 0 bridgehead atoms. The molecular formula is C25H20N2O3S. The molecule has 0 aliphatic rings. The number of Topliss-reactive ketones (excluding diaryl/α,β-unsaturated/α-hetero) is 1. The number of carbonyl (C=O) groups is 2. The fraction of sp³-hybridized carbons (Fsp3) is 0.0800. The Morgan fingerprint density at radius 1 is 0.806 bits per heavy atom. The summed E-state index contributed by atoms with van der Waals surface area (Å²) < 4.78 is 0. The maximum absolute atomic E-state index is 11.6. The smallest absolute Gasteiger partial charge is 0.372 e. The van der Waals surface area contributed by atoms with Gasteiger partial charge in [-0.3, -0.25) is 4.79 Å². The van der Waals surface area contributed by atoms with Crippen molar-refractivity contribution in [3.8, 4) is 0 Å². The second-order valence-electron chi connectivity index (χ2n) is 7.02. The highest BCUT2D eigenvalue weighted by molar-refractivity contribution is 7.13. The van der Waals surface area contributed by atoms with Gasteiger partial charge in [0.2, 0.25) is 5.78 Å². The lowest BCUT2D eigenvalue weighted by atomic mass is 9.77. The van der Waals surface area contributed by atoms with Crippen molar-refractivity contribution in [3.05, 3.63) is 119 Å². The normalized spacial score (nSPS) is 11.1. The van der Waals surface area contributed by atoms with Gasteiger partial charge < -0.3 is 10.4 Å². The lowest BCUT2D eigenvalue weighted by Gasteiger charge is -2.36. The van der Waals surface area contributed by atoms with E-state index in [1.165, 1.54) is 11.3 Å². The fourth-order valence-corrected chi connectivity index (χ4v) is 4.39. The Morgan fingerprint density at radius 3 is 1.68 bits per heavy atom. The molecule has 0 unspecified atom stereocenters. The number of aliphatic carboxylic acids is 1. The largest absolute Gasteiger partial charge is 0.475 e. The highest BCUT2D eigenvalue weighted by Gasteiger charge is 2.37. The van der Waals surface area contributed by atoms with E-state index < -0.39 is 17.3 Å². The van der Waals surface area contributed by atoms with Crippen LogP contribution in [0.15, 0.2) is 96.4 Å². The van der Waals surface area contributed by atoms with Gasteiger partial charge in [-0.1, -0.05) is 91.0 Å². The van der Waals surface area contributed by atoms with Crippen LogP contribution in [0.2, 0.25) is 0 Å². The minimum Gasteiger partial charge on any atom is -0.475 e. The average Bonchev–Trinajstić information content (AvgIpc) is 3.25. The maximum atomic E-state index is 11.6. The molecule has 0 fully saturated rings. The molecule has 154 valence electrons. The number of hydrogen-bond donors (Lipinski definition) is 2. The Morgan fingerprint density at radius 2 is 1.26 bits per heavy atom. The fourth-order valence-electron chi connectivity index (χ4n) is 3.63. The van der Waals surface area contributed by atoms with Crippen LogP contribution in [0.1, 0.15) is 22.4 Å². The van der Waals surface area contributed by atoms with Gasteiger partial charge in [0, 0.05) is 5.38 Å². The number of ketones is 1. The summed E-state index contributed by atoms with van der Waals surface area (Å²) in [7, 11) is 0. The third kappa shape index (κ3) is 4.25. The highest BCUT2D eigenvalue weighted by Crippen LogP contribution is 2.40. The molecule has 1 heterocycles. The van der Waals surface area contributed by atoms with Gasteiger partial charge >= 0.3 is 5.97 Å². The van der Waals surface area contributed by atoms with E-state index in [1.807, 2.05) is 54.6 Å². The predicted molar refractivity (Wildman–Crippen MR) is 121 cm³/mol. The topological polar surface area (TPSA) is 79.3 Å². The van der Waals surface area contributed by atoms with E-state index in [4.69, 9.17) is 5.11 Å². The van der Waals surface area contributed by atoms with Gasteiger partial charge in [0.25, 0.3) is 0 Å². The summed E-state index contributed by atoms with van der Waals surface area (Å²) in [5.74, 6) is -2.33. The molecule has 5 nitrogen and oxygen atoms in total. The zero-order valence-corrected chi connectivity index (χ0v) is 17.4. The number of benzene rings is 3. The van der Waals surface area contributed by atoms with E-state index in [1.54, 1.807) is 5.38 Å². The van der Waals surface area contributed by atoms with Gasteiger partial charge in [-0.25, -0.2) is 9.78 Å². The van der Waals surface area contributed by atoms with Crippen molar-refractivity contribution in [3.63, 3.8) is 0 Å². The van der Waals surface area contributed by atoms with Crippen LogP contribution in [-0.2, 0) is 21.5 Å². The maximum Gasteiger partial charge on any atom is 0.372 e. The van der Waals surface area contributed by atoms with E-state index in [9.17, 15) is 9.59 Å². The number of carbonyl (C=O) groups excluding carboxylic acids is 1. The number of nitrogens with one attached hydrogen (secondary N) is 1. The van der Waals surface area contributed by atoms with Gasteiger partial charge in [-0.15, -0.1) is 11.3 Å².